The van der Waals surface area contributed by atoms with E-state index < -0.39 is 27.9 Å². The molecule has 178 valence electrons. The quantitative estimate of drug-likeness (QED) is 0.677. The second kappa shape index (κ2) is 8.80. The Morgan fingerprint density at radius 2 is 1.76 bits per heavy atom. The van der Waals surface area contributed by atoms with Crippen molar-refractivity contribution in [1.82, 2.24) is 14.8 Å². The van der Waals surface area contributed by atoms with Crippen molar-refractivity contribution in [2.75, 3.05) is 45.1 Å². The minimum Gasteiger partial charge on any atom is -0.406 e. The van der Waals surface area contributed by atoms with Crippen LogP contribution in [-0.2, 0) is 14.6 Å². The summed E-state index contributed by atoms with van der Waals surface area (Å²) in [7, 11) is -4.12. The van der Waals surface area contributed by atoms with Gasteiger partial charge in [-0.05, 0) is 30.3 Å². The van der Waals surface area contributed by atoms with Crippen LogP contribution in [0.2, 0.25) is 0 Å². The maximum absolute atomic E-state index is 12.8. The van der Waals surface area contributed by atoms with Crippen LogP contribution in [-0.4, -0.2) is 80.9 Å². The summed E-state index contributed by atoms with van der Waals surface area (Å²) in [6.45, 7) is 3.98. The lowest BCUT2D eigenvalue weighted by molar-refractivity contribution is -0.274. The molecule has 2 aromatic rings. The average molecular weight is 486 g/mol. The molecule has 0 bridgehead atoms. The van der Waals surface area contributed by atoms with Crippen molar-refractivity contribution in [1.29, 1.82) is 0 Å². The van der Waals surface area contributed by atoms with Gasteiger partial charge >= 0.3 is 6.36 Å². The molecule has 33 heavy (non-hydrogen) atoms. The number of halogens is 3. The number of sulfone groups is 1. The Kier molecular flexibility index (Phi) is 6.20. The molecule has 1 aromatic carbocycles. The molecule has 2 N–H and O–H groups in total. The lowest BCUT2D eigenvalue weighted by atomic mass is 10.1. The molecule has 0 aliphatic carbocycles. The average Bonchev–Trinajstić information content (AvgIpc) is 2.72. The molecule has 0 radical (unpaired) electrons. The molecular formula is C20H21F3N4O5S. The van der Waals surface area contributed by atoms with Gasteiger partial charge in [-0.3, -0.25) is 9.69 Å². The molecule has 4 rings (SSSR count). The second-order valence-electron chi connectivity index (χ2n) is 7.64. The number of hydrogen-bond acceptors (Lipinski definition) is 8. The second-order valence-corrected chi connectivity index (χ2v) is 9.59. The summed E-state index contributed by atoms with van der Waals surface area (Å²) in [4.78, 5) is 20.0. The highest BCUT2D eigenvalue weighted by Crippen LogP contribution is 2.28. The number of nitrogen functional groups attached to an aromatic ring is 1. The maximum atomic E-state index is 12.8. The van der Waals surface area contributed by atoms with Crippen molar-refractivity contribution in [3.63, 3.8) is 0 Å². The number of benzene rings is 1. The first-order valence-corrected chi connectivity index (χ1v) is 11.5. The molecule has 2 aliphatic heterocycles. The molecule has 1 aromatic heterocycles. The molecule has 13 heteroatoms. The van der Waals surface area contributed by atoms with Crippen LogP contribution in [0.5, 0.6) is 5.75 Å². The van der Waals surface area contributed by atoms with Crippen LogP contribution in [0, 0.1) is 0 Å². The molecule has 0 atom stereocenters. The molecule has 9 nitrogen and oxygen atoms in total. The van der Waals surface area contributed by atoms with Gasteiger partial charge in [-0.25, -0.2) is 13.4 Å². The number of amides is 1. The maximum Gasteiger partial charge on any atom is 0.573 e. The van der Waals surface area contributed by atoms with E-state index in [1.54, 1.807) is 4.90 Å². The number of carbonyl (C=O) groups is 1. The van der Waals surface area contributed by atoms with E-state index in [0.717, 1.165) is 49.6 Å². The highest BCUT2D eigenvalue weighted by atomic mass is 32.2. The number of ether oxygens (including phenoxy) is 2. The van der Waals surface area contributed by atoms with Crippen LogP contribution in [0.25, 0.3) is 0 Å². The van der Waals surface area contributed by atoms with Gasteiger partial charge in [0.1, 0.15) is 5.75 Å². The van der Waals surface area contributed by atoms with Gasteiger partial charge in [0, 0.05) is 38.4 Å². The van der Waals surface area contributed by atoms with Crippen molar-refractivity contribution in [3.05, 3.63) is 42.2 Å². The number of morpholine rings is 1. The fourth-order valence-corrected chi connectivity index (χ4v) is 4.93. The summed E-state index contributed by atoms with van der Waals surface area (Å²) in [5, 5.41) is 0. The first kappa shape index (κ1) is 23.3. The Hall–Kier alpha value is -2.90. The summed E-state index contributed by atoms with van der Waals surface area (Å²) >= 11 is 0. The number of aromatic nitrogens is 1. The van der Waals surface area contributed by atoms with Crippen LogP contribution in [0.15, 0.2) is 46.3 Å². The van der Waals surface area contributed by atoms with Gasteiger partial charge in [0.25, 0.3) is 5.91 Å². The smallest absolute Gasteiger partial charge is 0.406 e. The summed E-state index contributed by atoms with van der Waals surface area (Å²) in [5.74, 6) is -0.945. The van der Waals surface area contributed by atoms with Gasteiger partial charge in [0.05, 0.1) is 28.7 Å². The van der Waals surface area contributed by atoms with Crippen molar-refractivity contribution in [3.8, 4) is 5.75 Å². The Bertz CT molecular complexity index is 1130. The topological polar surface area (TPSA) is 115 Å². The fraction of sp³-hybridized carbons (Fsp3) is 0.400. The number of pyridine rings is 1. The number of likely N-dealkylation sites (tertiary alicyclic amines) is 1. The summed E-state index contributed by atoms with van der Waals surface area (Å²) in [5.41, 5.74) is 5.78. The van der Waals surface area contributed by atoms with E-state index in [4.69, 9.17) is 10.5 Å². The molecule has 1 amide bonds. The van der Waals surface area contributed by atoms with E-state index in [2.05, 4.69) is 14.6 Å². The Labute approximate surface area is 187 Å². The minimum atomic E-state index is -4.89. The van der Waals surface area contributed by atoms with Crippen LogP contribution >= 0.6 is 0 Å². The van der Waals surface area contributed by atoms with Crippen molar-refractivity contribution >= 4 is 21.4 Å². The van der Waals surface area contributed by atoms with Crippen molar-refractivity contribution in [2.24, 2.45) is 0 Å². The van der Waals surface area contributed by atoms with E-state index in [1.807, 2.05) is 0 Å². The molecular weight excluding hydrogens is 465 g/mol. The van der Waals surface area contributed by atoms with Crippen LogP contribution < -0.4 is 10.5 Å². The molecule has 3 heterocycles. The number of alkyl halides is 3. The molecule has 0 spiro atoms. The Balaban J connectivity index is 1.45. The Morgan fingerprint density at radius 1 is 1.12 bits per heavy atom. The third kappa shape index (κ3) is 5.04. The third-order valence-corrected chi connectivity index (χ3v) is 7.22. The van der Waals surface area contributed by atoms with E-state index in [9.17, 15) is 26.4 Å². The van der Waals surface area contributed by atoms with E-state index in [1.165, 1.54) is 0 Å². The fourth-order valence-electron chi connectivity index (χ4n) is 3.69. The Morgan fingerprint density at radius 3 is 2.33 bits per heavy atom. The lowest BCUT2D eigenvalue weighted by Crippen LogP contribution is -2.62. The number of carbonyl (C=O) groups excluding carboxylic acids is 1. The first-order valence-electron chi connectivity index (χ1n) is 10.0. The van der Waals surface area contributed by atoms with Gasteiger partial charge in [-0.15, -0.1) is 13.2 Å². The molecule has 2 aliphatic rings. The zero-order valence-corrected chi connectivity index (χ0v) is 18.1. The van der Waals surface area contributed by atoms with Gasteiger partial charge < -0.3 is 20.1 Å². The van der Waals surface area contributed by atoms with E-state index in [-0.39, 0.29) is 27.2 Å². The summed E-state index contributed by atoms with van der Waals surface area (Å²) < 4.78 is 71.6. The number of anilines is 1. The zero-order valence-electron chi connectivity index (χ0n) is 17.3. The predicted molar refractivity (Wildman–Crippen MR) is 109 cm³/mol. The molecule has 2 saturated heterocycles. The van der Waals surface area contributed by atoms with E-state index in [0.29, 0.717) is 26.3 Å². The largest absolute Gasteiger partial charge is 0.573 e. The van der Waals surface area contributed by atoms with Crippen molar-refractivity contribution in [2.45, 2.75) is 22.2 Å². The first-order chi connectivity index (χ1) is 15.5. The number of rotatable bonds is 5. The molecule has 2 fully saturated rings. The number of hydrogen-bond donors (Lipinski definition) is 1. The van der Waals surface area contributed by atoms with Gasteiger partial charge in [-0.1, -0.05) is 0 Å². The van der Waals surface area contributed by atoms with Crippen molar-refractivity contribution < 1.29 is 35.9 Å². The minimum absolute atomic E-state index is 0.0525. The van der Waals surface area contributed by atoms with Crippen LogP contribution in [0.1, 0.15) is 10.5 Å². The highest BCUT2D eigenvalue weighted by Gasteiger charge is 2.37. The molecule has 0 unspecified atom stereocenters. The van der Waals surface area contributed by atoms with Gasteiger partial charge in [0.2, 0.25) is 9.84 Å². The predicted octanol–water partition coefficient (Wildman–Crippen LogP) is 1.55. The number of nitrogens with two attached hydrogens (primary N) is 1. The SMILES string of the molecule is Nc1cc(S(=O)(=O)c2ccc(OC(F)(F)F)cc2)cnc1C(=O)N1CC(N2CCOCC2)C1. The zero-order chi connectivity index (χ0) is 23.8. The van der Waals surface area contributed by atoms with Crippen LogP contribution in [0.4, 0.5) is 18.9 Å². The third-order valence-electron chi connectivity index (χ3n) is 5.48. The highest BCUT2D eigenvalue weighted by molar-refractivity contribution is 7.91. The monoisotopic (exact) mass is 486 g/mol. The standard InChI is InChI=1S/C20H21F3N4O5S/c21-20(22,23)32-14-1-3-15(4-2-14)33(29,30)16-9-17(24)18(25-10-16)19(28)27-11-13(12-27)26-5-7-31-8-6-26/h1-4,9-10,13H,5-8,11-12,24H2. The number of nitrogens with zero attached hydrogens (tertiary/aromatic N) is 3. The normalized spacial score (nSPS) is 18.1. The molecule has 0 saturated carbocycles. The van der Waals surface area contributed by atoms with Gasteiger partial charge in [-0.2, -0.15) is 0 Å². The summed E-state index contributed by atoms with van der Waals surface area (Å²) in [6, 6.07) is 5.11. The van der Waals surface area contributed by atoms with Crippen LogP contribution in [0.3, 0.4) is 0 Å². The van der Waals surface area contributed by atoms with Gasteiger partial charge in [0.15, 0.2) is 5.69 Å². The van der Waals surface area contributed by atoms with E-state index >= 15 is 0 Å². The lowest BCUT2D eigenvalue weighted by Gasteiger charge is -2.46. The summed E-state index contributed by atoms with van der Waals surface area (Å²) in [6.07, 6.45) is -3.88.